The smallest absolute Gasteiger partial charge is 0.165 e. The van der Waals surface area contributed by atoms with E-state index in [1.54, 1.807) is 6.07 Å². The second-order valence-corrected chi connectivity index (χ2v) is 4.76. The zero-order valence-corrected chi connectivity index (χ0v) is 10.7. The average molecular weight is 253 g/mol. The summed E-state index contributed by atoms with van der Waals surface area (Å²) in [5.74, 6) is -0.0362. The number of hydrogen-bond donors (Lipinski definition) is 1. The summed E-state index contributed by atoms with van der Waals surface area (Å²) in [6.45, 7) is 2.98. The minimum atomic E-state index is -0.327. The number of ether oxygens (including phenoxy) is 2. The molecule has 0 bridgehead atoms. The van der Waals surface area contributed by atoms with Crippen LogP contribution in [-0.4, -0.2) is 25.4 Å². The molecule has 0 aliphatic carbocycles. The summed E-state index contributed by atoms with van der Waals surface area (Å²) in [5, 5.41) is 0. The van der Waals surface area contributed by atoms with Gasteiger partial charge >= 0.3 is 0 Å². The van der Waals surface area contributed by atoms with E-state index in [0.29, 0.717) is 25.3 Å². The Morgan fingerprint density at radius 2 is 2.28 bits per heavy atom. The average Bonchev–Trinajstić information content (AvgIpc) is 2.74. The zero-order valence-electron chi connectivity index (χ0n) is 10.7. The van der Waals surface area contributed by atoms with Gasteiger partial charge in [0.1, 0.15) is 6.61 Å². The quantitative estimate of drug-likeness (QED) is 0.875. The molecule has 1 aliphatic rings. The van der Waals surface area contributed by atoms with E-state index in [0.717, 1.165) is 18.4 Å². The van der Waals surface area contributed by atoms with Crippen molar-refractivity contribution in [2.75, 3.05) is 13.2 Å². The van der Waals surface area contributed by atoms with E-state index in [-0.39, 0.29) is 18.0 Å². The van der Waals surface area contributed by atoms with Crippen LogP contribution in [-0.2, 0) is 11.2 Å². The van der Waals surface area contributed by atoms with Crippen LogP contribution in [0.5, 0.6) is 5.75 Å². The maximum atomic E-state index is 13.7. The third kappa shape index (κ3) is 3.43. The predicted molar refractivity (Wildman–Crippen MR) is 68.2 cm³/mol. The van der Waals surface area contributed by atoms with Crippen molar-refractivity contribution in [1.82, 2.24) is 0 Å². The van der Waals surface area contributed by atoms with Crippen LogP contribution in [0.4, 0.5) is 4.39 Å². The standard InChI is InChI=1S/C14H20FNO2/c1-10-2-4-12(18-10)9-17-14-5-3-11(6-7-16)8-13(14)15/h3,5,8,10,12H,2,4,6-7,9,16H2,1H3. The number of benzene rings is 1. The molecule has 100 valence electrons. The molecule has 0 saturated carbocycles. The van der Waals surface area contributed by atoms with Crippen LogP contribution in [0.3, 0.4) is 0 Å². The lowest BCUT2D eigenvalue weighted by Crippen LogP contribution is -2.18. The zero-order chi connectivity index (χ0) is 13.0. The lowest BCUT2D eigenvalue weighted by molar-refractivity contribution is 0.0256. The molecule has 0 radical (unpaired) electrons. The Labute approximate surface area is 107 Å². The second-order valence-electron chi connectivity index (χ2n) is 4.76. The Hall–Kier alpha value is -1.13. The number of nitrogens with two attached hydrogens (primary N) is 1. The Balaban J connectivity index is 1.89. The molecule has 0 spiro atoms. The van der Waals surface area contributed by atoms with Crippen LogP contribution in [0.15, 0.2) is 18.2 Å². The molecular weight excluding hydrogens is 233 g/mol. The fourth-order valence-electron chi connectivity index (χ4n) is 2.17. The molecule has 1 aromatic rings. The van der Waals surface area contributed by atoms with Crippen LogP contribution in [0.25, 0.3) is 0 Å². The third-order valence-corrected chi connectivity index (χ3v) is 3.17. The molecule has 0 amide bonds. The van der Waals surface area contributed by atoms with E-state index in [1.165, 1.54) is 6.07 Å². The van der Waals surface area contributed by atoms with E-state index >= 15 is 0 Å². The van der Waals surface area contributed by atoms with Gasteiger partial charge in [-0.1, -0.05) is 6.07 Å². The molecule has 2 atom stereocenters. The van der Waals surface area contributed by atoms with Crippen molar-refractivity contribution < 1.29 is 13.9 Å². The molecule has 0 aromatic heterocycles. The summed E-state index contributed by atoms with van der Waals surface area (Å²) in [7, 11) is 0. The Morgan fingerprint density at radius 1 is 1.44 bits per heavy atom. The van der Waals surface area contributed by atoms with Gasteiger partial charge in [0.15, 0.2) is 11.6 Å². The molecule has 1 aliphatic heterocycles. The van der Waals surface area contributed by atoms with Gasteiger partial charge in [-0.05, 0) is 50.4 Å². The van der Waals surface area contributed by atoms with Gasteiger partial charge in [0, 0.05) is 0 Å². The maximum absolute atomic E-state index is 13.7. The number of rotatable bonds is 5. The van der Waals surface area contributed by atoms with Crippen LogP contribution in [0.2, 0.25) is 0 Å². The number of halogens is 1. The number of hydrogen-bond acceptors (Lipinski definition) is 3. The first-order valence-electron chi connectivity index (χ1n) is 6.46. The van der Waals surface area contributed by atoms with Gasteiger partial charge in [0.2, 0.25) is 0 Å². The highest BCUT2D eigenvalue weighted by Gasteiger charge is 2.22. The molecule has 2 N–H and O–H groups in total. The van der Waals surface area contributed by atoms with Crippen LogP contribution < -0.4 is 10.5 Å². The minimum absolute atomic E-state index is 0.0862. The molecule has 2 unspecified atom stereocenters. The summed E-state index contributed by atoms with van der Waals surface area (Å²) in [4.78, 5) is 0. The van der Waals surface area contributed by atoms with Crippen molar-refractivity contribution in [3.05, 3.63) is 29.6 Å². The van der Waals surface area contributed by atoms with E-state index in [4.69, 9.17) is 15.2 Å². The van der Waals surface area contributed by atoms with Crippen LogP contribution >= 0.6 is 0 Å². The molecule has 1 fully saturated rings. The first kappa shape index (κ1) is 13.3. The van der Waals surface area contributed by atoms with Gasteiger partial charge in [-0.15, -0.1) is 0 Å². The summed E-state index contributed by atoms with van der Waals surface area (Å²) in [6.07, 6.45) is 3.08. The van der Waals surface area contributed by atoms with Crippen LogP contribution in [0, 0.1) is 5.82 Å². The fourth-order valence-corrected chi connectivity index (χ4v) is 2.17. The monoisotopic (exact) mass is 253 g/mol. The maximum Gasteiger partial charge on any atom is 0.165 e. The molecule has 1 saturated heterocycles. The highest BCUT2D eigenvalue weighted by Crippen LogP contribution is 2.22. The Bertz CT molecular complexity index is 397. The third-order valence-electron chi connectivity index (χ3n) is 3.17. The molecule has 3 nitrogen and oxygen atoms in total. The van der Waals surface area contributed by atoms with Crippen molar-refractivity contribution >= 4 is 0 Å². The van der Waals surface area contributed by atoms with Crippen LogP contribution in [0.1, 0.15) is 25.3 Å². The van der Waals surface area contributed by atoms with E-state index in [1.807, 2.05) is 13.0 Å². The summed E-state index contributed by atoms with van der Waals surface area (Å²) in [6, 6.07) is 5.00. The van der Waals surface area contributed by atoms with Gasteiger partial charge in [0.25, 0.3) is 0 Å². The molecular formula is C14H20FNO2. The first-order chi connectivity index (χ1) is 8.69. The highest BCUT2D eigenvalue weighted by molar-refractivity contribution is 5.29. The first-order valence-corrected chi connectivity index (χ1v) is 6.46. The lowest BCUT2D eigenvalue weighted by Gasteiger charge is -2.13. The largest absolute Gasteiger partial charge is 0.488 e. The van der Waals surface area contributed by atoms with Gasteiger partial charge in [0.05, 0.1) is 12.2 Å². The van der Waals surface area contributed by atoms with E-state index < -0.39 is 0 Å². The topological polar surface area (TPSA) is 44.5 Å². The summed E-state index contributed by atoms with van der Waals surface area (Å²) < 4.78 is 24.8. The molecule has 2 rings (SSSR count). The van der Waals surface area contributed by atoms with Crippen molar-refractivity contribution in [2.45, 2.75) is 38.4 Å². The van der Waals surface area contributed by atoms with Crippen molar-refractivity contribution in [1.29, 1.82) is 0 Å². The SMILES string of the molecule is CC1CCC(COc2ccc(CCN)cc2F)O1. The van der Waals surface area contributed by atoms with Gasteiger partial charge < -0.3 is 15.2 Å². The predicted octanol–water partition coefficient (Wildman–Crippen LogP) is 2.27. The van der Waals surface area contributed by atoms with Crippen molar-refractivity contribution in [2.24, 2.45) is 5.73 Å². The Kier molecular flexibility index (Phi) is 4.55. The highest BCUT2D eigenvalue weighted by atomic mass is 19.1. The van der Waals surface area contributed by atoms with E-state index in [9.17, 15) is 4.39 Å². The Morgan fingerprint density at radius 3 is 2.89 bits per heavy atom. The van der Waals surface area contributed by atoms with Crippen molar-refractivity contribution in [3.8, 4) is 5.75 Å². The lowest BCUT2D eigenvalue weighted by atomic mass is 10.1. The van der Waals surface area contributed by atoms with Gasteiger partial charge in [-0.25, -0.2) is 4.39 Å². The molecule has 18 heavy (non-hydrogen) atoms. The summed E-state index contributed by atoms with van der Waals surface area (Å²) in [5.41, 5.74) is 6.33. The second kappa shape index (κ2) is 6.16. The molecule has 1 heterocycles. The minimum Gasteiger partial charge on any atom is -0.488 e. The van der Waals surface area contributed by atoms with Crippen molar-refractivity contribution in [3.63, 3.8) is 0 Å². The molecule has 1 aromatic carbocycles. The van der Waals surface area contributed by atoms with Gasteiger partial charge in [-0.3, -0.25) is 0 Å². The van der Waals surface area contributed by atoms with Gasteiger partial charge in [-0.2, -0.15) is 0 Å². The summed E-state index contributed by atoms with van der Waals surface area (Å²) >= 11 is 0. The molecule has 4 heteroatoms. The normalized spacial score (nSPS) is 23.3. The van der Waals surface area contributed by atoms with E-state index in [2.05, 4.69) is 0 Å². The fraction of sp³-hybridized carbons (Fsp3) is 0.571.